The second kappa shape index (κ2) is 6.23. The van der Waals surface area contributed by atoms with Crippen molar-refractivity contribution in [3.63, 3.8) is 0 Å². The summed E-state index contributed by atoms with van der Waals surface area (Å²) in [5.41, 5.74) is 6.87. The molecule has 0 unspecified atom stereocenters. The molecular formula is C13H20N4O. The van der Waals surface area contributed by atoms with Crippen molar-refractivity contribution in [2.75, 3.05) is 7.11 Å². The van der Waals surface area contributed by atoms with Gasteiger partial charge in [-0.25, -0.2) is 9.98 Å². The minimum Gasteiger partial charge on any atom is -0.481 e. The van der Waals surface area contributed by atoms with Crippen molar-refractivity contribution in [3.05, 3.63) is 23.9 Å². The van der Waals surface area contributed by atoms with Crippen molar-refractivity contribution >= 4 is 5.96 Å². The second-order valence-electron chi connectivity index (χ2n) is 4.54. The predicted octanol–water partition coefficient (Wildman–Crippen LogP) is 1.44. The molecule has 5 nitrogen and oxygen atoms in total. The summed E-state index contributed by atoms with van der Waals surface area (Å²) in [6.45, 7) is 0.544. The maximum atomic E-state index is 5.85. The van der Waals surface area contributed by atoms with Crippen molar-refractivity contribution in [1.82, 2.24) is 10.3 Å². The Kier molecular flexibility index (Phi) is 4.39. The maximum absolute atomic E-state index is 5.85. The molecule has 1 saturated carbocycles. The molecule has 0 bridgehead atoms. The zero-order chi connectivity index (χ0) is 12.8. The Morgan fingerprint density at radius 1 is 1.50 bits per heavy atom. The fourth-order valence-electron chi connectivity index (χ4n) is 2.13. The predicted molar refractivity (Wildman–Crippen MR) is 71.5 cm³/mol. The Labute approximate surface area is 107 Å². The molecule has 1 aliphatic rings. The number of pyridine rings is 1. The van der Waals surface area contributed by atoms with Gasteiger partial charge in [0.2, 0.25) is 5.88 Å². The number of hydrogen-bond donors (Lipinski definition) is 2. The first-order chi connectivity index (χ1) is 8.78. The van der Waals surface area contributed by atoms with E-state index in [-0.39, 0.29) is 0 Å². The number of nitrogens with one attached hydrogen (secondary N) is 1. The summed E-state index contributed by atoms with van der Waals surface area (Å²) < 4.78 is 5.00. The van der Waals surface area contributed by atoms with Crippen LogP contribution in [-0.2, 0) is 6.54 Å². The molecule has 0 radical (unpaired) electrons. The summed E-state index contributed by atoms with van der Waals surface area (Å²) in [6.07, 6.45) is 6.71. The molecule has 0 atom stereocenters. The van der Waals surface area contributed by atoms with Gasteiger partial charge in [-0.2, -0.15) is 0 Å². The lowest BCUT2D eigenvalue weighted by molar-refractivity contribution is 0.397. The first-order valence-electron chi connectivity index (χ1n) is 6.33. The van der Waals surface area contributed by atoms with E-state index in [0.717, 1.165) is 5.56 Å². The number of hydrogen-bond acceptors (Lipinski definition) is 3. The van der Waals surface area contributed by atoms with E-state index < -0.39 is 0 Å². The average Bonchev–Trinajstić information content (AvgIpc) is 2.90. The van der Waals surface area contributed by atoms with Crippen LogP contribution in [0.5, 0.6) is 5.88 Å². The Morgan fingerprint density at radius 2 is 2.28 bits per heavy atom. The van der Waals surface area contributed by atoms with Crippen LogP contribution in [0.2, 0.25) is 0 Å². The summed E-state index contributed by atoms with van der Waals surface area (Å²) in [5, 5.41) is 3.25. The van der Waals surface area contributed by atoms with E-state index in [9.17, 15) is 0 Å². The standard InChI is InChI=1S/C13H20N4O/c1-18-12-7-6-10(8-15-12)9-16-13(14)17-11-4-2-3-5-11/h6-8,11H,2-5,9H2,1H3,(H3,14,16,17). The van der Waals surface area contributed by atoms with E-state index in [1.807, 2.05) is 12.1 Å². The van der Waals surface area contributed by atoms with Crippen LogP contribution in [0.25, 0.3) is 0 Å². The van der Waals surface area contributed by atoms with Crippen molar-refractivity contribution in [1.29, 1.82) is 0 Å². The molecule has 0 spiro atoms. The van der Waals surface area contributed by atoms with Gasteiger partial charge < -0.3 is 15.8 Å². The normalized spacial score (nSPS) is 16.8. The van der Waals surface area contributed by atoms with Gasteiger partial charge in [-0.1, -0.05) is 18.9 Å². The van der Waals surface area contributed by atoms with Crippen LogP contribution in [-0.4, -0.2) is 24.1 Å². The first kappa shape index (κ1) is 12.7. The smallest absolute Gasteiger partial charge is 0.212 e. The number of rotatable bonds is 4. The van der Waals surface area contributed by atoms with Crippen LogP contribution >= 0.6 is 0 Å². The lowest BCUT2D eigenvalue weighted by Gasteiger charge is -2.12. The van der Waals surface area contributed by atoms with Crippen molar-refractivity contribution in [2.45, 2.75) is 38.3 Å². The van der Waals surface area contributed by atoms with E-state index in [0.29, 0.717) is 24.4 Å². The molecular weight excluding hydrogens is 228 g/mol. The molecule has 2 rings (SSSR count). The Balaban J connectivity index is 1.84. The number of aliphatic imine (C=N–C) groups is 1. The molecule has 98 valence electrons. The minimum absolute atomic E-state index is 0.503. The van der Waals surface area contributed by atoms with Crippen molar-refractivity contribution in [2.24, 2.45) is 10.7 Å². The van der Waals surface area contributed by atoms with Crippen LogP contribution in [0.3, 0.4) is 0 Å². The van der Waals surface area contributed by atoms with Crippen LogP contribution < -0.4 is 15.8 Å². The maximum Gasteiger partial charge on any atom is 0.212 e. The molecule has 1 aliphatic carbocycles. The van der Waals surface area contributed by atoms with Gasteiger partial charge in [0.25, 0.3) is 0 Å². The third kappa shape index (κ3) is 3.61. The summed E-state index contributed by atoms with van der Waals surface area (Å²) in [4.78, 5) is 8.44. The van der Waals surface area contributed by atoms with E-state index in [1.54, 1.807) is 13.3 Å². The van der Waals surface area contributed by atoms with Crippen molar-refractivity contribution in [3.8, 4) is 5.88 Å². The minimum atomic E-state index is 0.503. The summed E-state index contributed by atoms with van der Waals surface area (Å²) in [7, 11) is 1.60. The molecule has 1 aromatic rings. The molecule has 1 heterocycles. The Morgan fingerprint density at radius 3 is 2.89 bits per heavy atom. The molecule has 0 aromatic carbocycles. The SMILES string of the molecule is COc1ccc(CN=C(N)NC2CCCC2)cn1. The number of methoxy groups -OCH3 is 1. The quantitative estimate of drug-likeness (QED) is 0.624. The van der Waals surface area contributed by atoms with Gasteiger partial charge in [0.1, 0.15) is 0 Å². The fourth-order valence-corrected chi connectivity index (χ4v) is 2.13. The van der Waals surface area contributed by atoms with E-state index >= 15 is 0 Å². The third-order valence-electron chi connectivity index (χ3n) is 3.15. The first-order valence-corrected chi connectivity index (χ1v) is 6.33. The summed E-state index contributed by atoms with van der Waals surface area (Å²) in [5.74, 6) is 1.14. The van der Waals surface area contributed by atoms with E-state index in [2.05, 4.69) is 15.3 Å². The molecule has 5 heteroatoms. The molecule has 0 amide bonds. The molecule has 0 aliphatic heterocycles. The number of ether oxygens (including phenoxy) is 1. The summed E-state index contributed by atoms with van der Waals surface area (Å²) >= 11 is 0. The zero-order valence-corrected chi connectivity index (χ0v) is 10.7. The summed E-state index contributed by atoms with van der Waals surface area (Å²) in [6, 6.07) is 4.27. The topological polar surface area (TPSA) is 72.5 Å². The van der Waals surface area contributed by atoms with Gasteiger partial charge in [-0.3, -0.25) is 0 Å². The van der Waals surface area contributed by atoms with Crippen LogP contribution in [0, 0.1) is 0 Å². The number of aromatic nitrogens is 1. The molecule has 18 heavy (non-hydrogen) atoms. The molecule has 1 fully saturated rings. The third-order valence-corrected chi connectivity index (χ3v) is 3.15. The lowest BCUT2D eigenvalue weighted by atomic mass is 10.2. The van der Waals surface area contributed by atoms with Gasteiger partial charge in [0, 0.05) is 18.3 Å². The highest BCUT2D eigenvalue weighted by molar-refractivity contribution is 5.78. The van der Waals surface area contributed by atoms with Crippen molar-refractivity contribution < 1.29 is 4.74 Å². The highest BCUT2D eigenvalue weighted by atomic mass is 16.5. The van der Waals surface area contributed by atoms with Crippen LogP contribution in [0.15, 0.2) is 23.3 Å². The van der Waals surface area contributed by atoms with Gasteiger partial charge in [0.15, 0.2) is 5.96 Å². The largest absolute Gasteiger partial charge is 0.481 e. The average molecular weight is 248 g/mol. The van der Waals surface area contributed by atoms with E-state index in [4.69, 9.17) is 10.5 Å². The van der Waals surface area contributed by atoms with Crippen LogP contribution in [0.1, 0.15) is 31.2 Å². The van der Waals surface area contributed by atoms with Gasteiger partial charge in [-0.05, 0) is 18.4 Å². The van der Waals surface area contributed by atoms with Gasteiger partial charge in [0.05, 0.1) is 13.7 Å². The number of guanidine groups is 1. The molecule has 3 N–H and O–H groups in total. The highest BCUT2D eigenvalue weighted by Crippen LogP contribution is 2.17. The number of nitrogens with zero attached hydrogens (tertiary/aromatic N) is 2. The van der Waals surface area contributed by atoms with E-state index in [1.165, 1.54) is 25.7 Å². The fraction of sp³-hybridized carbons (Fsp3) is 0.538. The van der Waals surface area contributed by atoms with Gasteiger partial charge in [-0.15, -0.1) is 0 Å². The Hall–Kier alpha value is -1.78. The Bertz CT molecular complexity index is 396. The molecule has 0 saturated heterocycles. The van der Waals surface area contributed by atoms with Crippen LogP contribution in [0.4, 0.5) is 0 Å². The van der Waals surface area contributed by atoms with Gasteiger partial charge >= 0.3 is 0 Å². The second-order valence-corrected chi connectivity index (χ2v) is 4.54. The lowest BCUT2D eigenvalue weighted by Crippen LogP contribution is -2.38. The molecule has 1 aromatic heterocycles. The monoisotopic (exact) mass is 248 g/mol. The zero-order valence-electron chi connectivity index (χ0n) is 10.7. The highest BCUT2D eigenvalue weighted by Gasteiger charge is 2.14. The number of nitrogens with two attached hydrogens (primary N) is 1.